The molecule has 1 aromatic heterocycles. The molecule has 0 radical (unpaired) electrons. The van der Waals surface area contributed by atoms with E-state index in [4.69, 9.17) is 18.9 Å². The normalized spacial score (nSPS) is 11.0. The first kappa shape index (κ1) is 21.4. The van der Waals surface area contributed by atoms with Gasteiger partial charge in [-0.15, -0.1) is 0 Å². The maximum absolute atomic E-state index is 11.9. The van der Waals surface area contributed by atoms with Crippen molar-refractivity contribution in [3.8, 4) is 0 Å². The number of carbonyl (C=O) groups excluding carboxylic acids is 1. The molecule has 0 saturated carbocycles. The molecule has 0 saturated heterocycles. The molecule has 0 atom stereocenters. The first-order valence-corrected chi connectivity index (χ1v) is 8.47. The highest BCUT2D eigenvalue weighted by Gasteiger charge is 2.12. The van der Waals surface area contributed by atoms with Crippen molar-refractivity contribution < 1.29 is 23.7 Å². The van der Waals surface area contributed by atoms with Gasteiger partial charge in [0.05, 0.1) is 46.2 Å². The number of anilines is 1. The van der Waals surface area contributed by atoms with Gasteiger partial charge in [0, 0.05) is 25.6 Å². The Kier molecular flexibility index (Phi) is 11.7. The van der Waals surface area contributed by atoms with Crippen LogP contribution in [0.1, 0.15) is 24.3 Å². The summed E-state index contributed by atoms with van der Waals surface area (Å²) < 4.78 is 21.0. The van der Waals surface area contributed by atoms with Crippen molar-refractivity contribution in [1.82, 2.24) is 9.97 Å². The van der Waals surface area contributed by atoms with Crippen molar-refractivity contribution in [2.45, 2.75) is 13.8 Å². The second kappa shape index (κ2) is 13.7. The molecule has 0 amide bonds. The Balaban J connectivity index is 2.03. The van der Waals surface area contributed by atoms with Crippen LogP contribution in [0.5, 0.6) is 0 Å². The van der Waals surface area contributed by atoms with Gasteiger partial charge in [-0.1, -0.05) is 13.8 Å². The highest BCUT2D eigenvalue weighted by molar-refractivity contribution is 5.96. The Hall–Kier alpha value is -1.61. The van der Waals surface area contributed by atoms with Crippen LogP contribution in [-0.2, 0) is 18.9 Å². The SMILES string of the molecule is COCCOCCOCCOCCNc1cc(C(=O)C(C)C)ncn1. The van der Waals surface area contributed by atoms with Crippen LogP contribution in [0, 0.1) is 5.92 Å². The largest absolute Gasteiger partial charge is 0.382 e. The standard InChI is InChI=1S/C17H29N3O5/c1-14(2)17(21)15-12-16(20-13-19-15)18-4-5-23-8-9-25-11-10-24-7-6-22-3/h12-14H,4-11H2,1-3H3,(H,18,19,20). The third-order valence-corrected chi connectivity index (χ3v) is 3.17. The third kappa shape index (κ3) is 10.1. The lowest BCUT2D eigenvalue weighted by atomic mass is 10.1. The minimum absolute atomic E-state index is 0.00467. The number of ketones is 1. The molecule has 0 unspecified atom stereocenters. The van der Waals surface area contributed by atoms with Crippen LogP contribution < -0.4 is 5.32 Å². The number of ether oxygens (including phenoxy) is 4. The lowest BCUT2D eigenvalue weighted by Gasteiger charge is -2.09. The zero-order valence-electron chi connectivity index (χ0n) is 15.3. The van der Waals surface area contributed by atoms with Gasteiger partial charge in [0.1, 0.15) is 17.8 Å². The summed E-state index contributed by atoms with van der Waals surface area (Å²) in [5, 5.41) is 3.11. The Morgan fingerprint density at radius 3 is 2.20 bits per heavy atom. The molecule has 0 spiro atoms. The molecule has 142 valence electrons. The van der Waals surface area contributed by atoms with Crippen LogP contribution in [0.3, 0.4) is 0 Å². The Morgan fingerprint density at radius 2 is 1.60 bits per heavy atom. The minimum atomic E-state index is -0.0866. The first-order chi connectivity index (χ1) is 12.1. The Bertz CT molecular complexity index is 485. The zero-order chi connectivity index (χ0) is 18.3. The number of nitrogens with zero attached hydrogens (tertiary/aromatic N) is 2. The van der Waals surface area contributed by atoms with E-state index >= 15 is 0 Å². The molecule has 0 aliphatic carbocycles. The van der Waals surface area contributed by atoms with E-state index < -0.39 is 0 Å². The quantitative estimate of drug-likeness (QED) is 0.373. The van der Waals surface area contributed by atoms with E-state index in [1.54, 1.807) is 13.2 Å². The van der Waals surface area contributed by atoms with E-state index in [2.05, 4.69) is 15.3 Å². The van der Waals surface area contributed by atoms with E-state index in [1.807, 2.05) is 13.8 Å². The molecule has 25 heavy (non-hydrogen) atoms. The van der Waals surface area contributed by atoms with Crippen LogP contribution in [0.25, 0.3) is 0 Å². The second-order valence-electron chi connectivity index (χ2n) is 5.56. The molecule has 8 nitrogen and oxygen atoms in total. The monoisotopic (exact) mass is 355 g/mol. The van der Waals surface area contributed by atoms with Gasteiger partial charge in [-0.3, -0.25) is 4.79 Å². The number of methoxy groups -OCH3 is 1. The number of hydrogen-bond acceptors (Lipinski definition) is 8. The average molecular weight is 355 g/mol. The maximum atomic E-state index is 11.9. The predicted molar refractivity (Wildman–Crippen MR) is 94.0 cm³/mol. The molecule has 0 fully saturated rings. The van der Waals surface area contributed by atoms with Crippen molar-refractivity contribution in [3.05, 3.63) is 18.1 Å². The summed E-state index contributed by atoms with van der Waals surface area (Å²) in [5.74, 6) is 0.536. The molecular weight excluding hydrogens is 326 g/mol. The third-order valence-electron chi connectivity index (χ3n) is 3.17. The minimum Gasteiger partial charge on any atom is -0.382 e. The summed E-state index contributed by atoms with van der Waals surface area (Å²) in [5.41, 5.74) is 0.425. The molecule has 1 heterocycles. The van der Waals surface area contributed by atoms with Crippen molar-refractivity contribution in [2.24, 2.45) is 5.92 Å². The van der Waals surface area contributed by atoms with Crippen LogP contribution >= 0.6 is 0 Å². The zero-order valence-corrected chi connectivity index (χ0v) is 15.3. The highest BCUT2D eigenvalue weighted by atomic mass is 16.6. The van der Waals surface area contributed by atoms with Crippen LogP contribution in [0.15, 0.2) is 12.4 Å². The van der Waals surface area contributed by atoms with Gasteiger partial charge < -0.3 is 24.3 Å². The maximum Gasteiger partial charge on any atom is 0.183 e. The van der Waals surface area contributed by atoms with Gasteiger partial charge in [-0.2, -0.15) is 0 Å². The summed E-state index contributed by atoms with van der Waals surface area (Å²) in [7, 11) is 1.64. The molecule has 0 aliphatic heterocycles. The molecule has 1 aromatic rings. The predicted octanol–water partition coefficient (Wildman–Crippen LogP) is 1.42. The van der Waals surface area contributed by atoms with Crippen LogP contribution in [0.4, 0.5) is 5.82 Å². The van der Waals surface area contributed by atoms with Crippen molar-refractivity contribution in [2.75, 3.05) is 65.2 Å². The van der Waals surface area contributed by atoms with E-state index in [0.717, 1.165) is 0 Å². The summed E-state index contributed by atoms with van der Waals surface area (Å²) in [4.78, 5) is 20.0. The lowest BCUT2D eigenvalue weighted by molar-refractivity contribution is 0.00495. The Labute approximate surface area is 149 Å². The van der Waals surface area contributed by atoms with E-state index in [0.29, 0.717) is 64.3 Å². The van der Waals surface area contributed by atoms with Gasteiger partial charge >= 0.3 is 0 Å². The number of rotatable bonds is 15. The summed E-state index contributed by atoms with van der Waals surface area (Å²) in [6, 6.07) is 1.66. The molecule has 0 aliphatic rings. The number of carbonyl (C=O) groups is 1. The molecule has 1 N–H and O–H groups in total. The fourth-order valence-corrected chi connectivity index (χ4v) is 1.82. The molecular formula is C17H29N3O5. The van der Waals surface area contributed by atoms with E-state index in [-0.39, 0.29) is 11.7 Å². The van der Waals surface area contributed by atoms with Crippen molar-refractivity contribution >= 4 is 11.6 Å². The molecule has 0 aromatic carbocycles. The topological polar surface area (TPSA) is 91.8 Å². The molecule has 0 bridgehead atoms. The van der Waals surface area contributed by atoms with Gasteiger partial charge in [-0.25, -0.2) is 9.97 Å². The fourth-order valence-electron chi connectivity index (χ4n) is 1.82. The van der Waals surface area contributed by atoms with E-state index in [1.165, 1.54) is 6.33 Å². The summed E-state index contributed by atoms with van der Waals surface area (Å²) >= 11 is 0. The number of nitrogens with one attached hydrogen (secondary N) is 1. The van der Waals surface area contributed by atoms with E-state index in [9.17, 15) is 4.79 Å². The van der Waals surface area contributed by atoms with Gasteiger partial charge in [0.15, 0.2) is 5.78 Å². The summed E-state index contributed by atoms with van der Waals surface area (Å²) in [6.07, 6.45) is 1.39. The smallest absolute Gasteiger partial charge is 0.183 e. The lowest BCUT2D eigenvalue weighted by Crippen LogP contribution is -2.15. The van der Waals surface area contributed by atoms with Gasteiger partial charge in [0.2, 0.25) is 0 Å². The first-order valence-electron chi connectivity index (χ1n) is 8.47. The molecule has 8 heteroatoms. The number of Topliss-reactive ketones (excluding diaryl/α,β-unsaturated/α-hetero) is 1. The summed E-state index contributed by atoms with van der Waals surface area (Å²) in [6.45, 7) is 8.10. The van der Waals surface area contributed by atoms with Crippen molar-refractivity contribution in [1.29, 1.82) is 0 Å². The molecule has 1 rings (SSSR count). The number of aromatic nitrogens is 2. The second-order valence-corrected chi connectivity index (χ2v) is 5.56. The van der Waals surface area contributed by atoms with Crippen LogP contribution in [-0.4, -0.2) is 75.7 Å². The van der Waals surface area contributed by atoms with Crippen molar-refractivity contribution in [3.63, 3.8) is 0 Å². The van der Waals surface area contributed by atoms with Gasteiger partial charge in [0.25, 0.3) is 0 Å². The average Bonchev–Trinajstić information content (AvgIpc) is 2.62. The van der Waals surface area contributed by atoms with Crippen LogP contribution in [0.2, 0.25) is 0 Å². The Morgan fingerprint density at radius 1 is 1.00 bits per heavy atom. The fraction of sp³-hybridized carbons (Fsp3) is 0.706. The van der Waals surface area contributed by atoms with Gasteiger partial charge in [-0.05, 0) is 0 Å². The number of hydrogen-bond donors (Lipinski definition) is 1. The highest BCUT2D eigenvalue weighted by Crippen LogP contribution is 2.09.